The third-order valence-electron chi connectivity index (χ3n) is 4.98. The van der Waals surface area contributed by atoms with E-state index in [1.54, 1.807) is 37.5 Å². The van der Waals surface area contributed by atoms with E-state index in [0.29, 0.717) is 33.4 Å². The summed E-state index contributed by atoms with van der Waals surface area (Å²) in [6.45, 7) is 2.79. The number of aromatic nitrogens is 3. The van der Waals surface area contributed by atoms with Gasteiger partial charge in [-0.1, -0.05) is 55.4 Å². The molecule has 2 heterocycles. The fourth-order valence-corrected chi connectivity index (χ4v) is 4.16. The van der Waals surface area contributed by atoms with Crippen molar-refractivity contribution in [1.82, 2.24) is 14.6 Å². The zero-order valence-electron chi connectivity index (χ0n) is 18.5. The van der Waals surface area contributed by atoms with Gasteiger partial charge in [-0.05, 0) is 54.0 Å². The van der Waals surface area contributed by atoms with E-state index in [4.69, 9.17) is 9.47 Å². The highest BCUT2D eigenvalue weighted by Gasteiger charge is 2.10. The number of hydrogen-bond donors (Lipinski definition) is 0. The van der Waals surface area contributed by atoms with Crippen molar-refractivity contribution in [1.29, 1.82) is 0 Å². The van der Waals surface area contributed by atoms with Crippen molar-refractivity contribution in [3.8, 4) is 11.5 Å². The van der Waals surface area contributed by atoms with Crippen LogP contribution in [-0.2, 0) is 0 Å². The highest BCUT2D eigenvalue weighted by atomic mass is 32.1. The minimum Gasteiger partial charge on any atom is -0.493 e. The molecule has 0 saturated carbocycles. The maximum Gasteiger partial charge on any atom is 0.291 e. The fraction of sp³-hybridized carbons (Fsp3) is 0.240. The average molecular weight is 466 g/mol. The Morgan fingerprint density at radius 1 is 1.06 bits per heavy atom. The van der Waals surface area contributed by atoms with Crippen molar-refractivity contribution in [3.05, 3.63) is 80.1 Å². The second kappa shape index (κ2) is 10.4. The molecule has 0 aliphatic carbocycles. The lowest BCUT2D eigenvalue weighted by molar-refractivity contribution is 0.286. The van der Waals surface area contributed by atoms with Crippen molar-refractivity contribution in [3.63, 3.8) is 0 Å². The minimum atomic E-state index is -0.292. The maximum absolute atomic E-state index is 13.0. The van der Waals surface area contributed by atoms with Crippen LogP contribution in [0, 0.1) is 5.82 Å². The Balaban J connectivity index is 1.55. The molecular weight excluding hydrogens is 441 g/mol. The van der Waals surface area contributed by atoms with Gasteiger partial charge in [0.05, 0.1) is 18.2 Å². The topological polar surface area (TPSA) is 65.7 Å². The lowest BCUT2D eigenvalue weighted by Crippen LogP contribution is -2.23. The number of benzene rings is 2. The summed E-state index contributed by atoms with van der Waals surface area (Å²) < 4.78 is 26.1. The normalized spacial score (nSPS) is 12.2. The molecule has 6 nitrogen and oxygen atoms in total. The van der Waals surface area contributed by atoms with Gasteiger partial charge < -0.3 is 9.47 Å². The van der Waals surface area contributed by atoms with Crippen molar-refractivity contribution in [2.24, 2.45) is 0 Å². The minimum absolute atomic E-state index is 0.234. The molecule has 170 valence electrons. The van der Waals surface area contributed by atoms with E-state index in [2.05, 4.69) is 17.0 Å². The molecule has 0 saturated heterocycles. The number of fused-ring (bicyclic) bond motifs is 1. The largest absolute Gasteiger partial charge is 0.493 e. The monoisotopic (exact) mass is 465 g/mol. The average Bonchev–Trinajstić information content (AvgIpc) is 3.35. The van der Waals surface area contributed by atoms with E-state index >= 15 is 0 Å². The Kier molecular flexibility index (Phi) is 7.14. The van der Waals surface area contributed by atoms with E-state index < -0.39 is 0 Å². The van der Waals surface area contributed by atoms with Crippen LogP contribution in [0.1, 0.15) is 43.1 Å². The fourth-order valence-electron chi connectivity index (χ4n) is 3.24. The smallest absolute Gasteiger partial charge is 0.291 e. The van der Waals surface area contributed by atoms with Crippen LogP contribution in [0.4, 0.5) is 4.39 Å². The van der Waals surface area contributed by atoms with Crippen molar-refractivity contribution in [2.45, 2.75) is 26.2 Å². The van der Waals surface area contributed by atoms with Gasteiger partial charge in [0.1, 0.15) is 5.82 Å². The van der Waals surface area contributed by atoms with Gasteiger partial charge in [-0.3, -0.25) is 4.79 Å². The first-order valence-electron chi connectivity index (χ1n) is 10.7. The number of unbranched alkanes of at least 4 members (excludes halogenated alkanes) is 2. The first-order chi connectivity index (χ1) is 16.1. The predicted octanol–water partition coefficient (Wildman–Crippen LogP) is 4.59. The lowest BCUT2D eigenvalue weighted by Gasteiger charge is -2.11. The summed E-state index contributed by atoms with van der Waals surface area (Å²) in [5.74, 6) is 1.44. The number of hydrogen-bond acceptors (Lipinski definition) is 6. The molecule has 0 bridgehead atoms. The maximum atomic E-state index is 13.0. The van der Waals surface area contributed by atoms with E-state index in [-0.39, 0.29) is 11.4 Å². The molecule has 0 spiro atoms. The summed E-state index contributed by atoms with van der Waals surface area (Å²) in [4.78, 5) is 17.7. The summed E-state index contributed by atoms with van der Waals surface area (Å²) in [6.07, 6.45) is 8.51. The molecular formula is C25H24FN3O3S. The molecule has 0 amide bonds. The Bertz CT molecular complexity index is 1380. The number of thiazole rings is 1. The molecule has 0 atom stereocenters. The van der Waals surface area contributed by atoms with E-state index in [0.717, 1.165) is 30.4 Å². The molecule has 0 unspecified atom stereocenters. The first kappa shape index (κ1) is 22.7. The van der Waals surface area contributed by atoms with Crippen LogP contribution < -0.4 is 19.6 Å². The van der Waals surface area contributed by atoms with Crippen LogP contribution in [0.5, 0.6) is 11.5 Å². The Morgan fingerprint density at radius 2 is 1.85 bits per heavy atom. The van der Waals surface area contributed by atoms with Crippen LogP contribution in [0.2, 0.25) is 0 Å². The van der Waals surface area contributed by atoms with Gasteiger partial charge in [0.15, 0.2) is 17.3 Å². The standard InChI is InChI=1S/C25H24FN3O3S/c1-3-4-5-14-32-20-12-8-18(15-21(20)31-2)16-22-24(30)29-25(33-22)27-23(28-29)13-9-17-6-10-19(26)11-7-17/h6-13,15-16H,3-5,14H2,1-2H3/b13-9+,22-16+. The van der Waals surface area contributed by atoms with Crippen LogP contribution in [0.15, 0.2) is 47.3 Å². The van der Waals surface area contributed by atoms with Gasteiger partial charge in [-0.2, -0.15) is 9.50 Å². The van der Waals surface area contributed by atoms with Crippen molar-refractivity contribution in [2.75, 3.05) is 13.7 Å². The predicted molar refractivity (Wildman–Crippen MR) is 129 cm³/mol. The highest BCUT2D eigenvalue weighted by Crippen LogP contribution is 2.28. The molecule has 8 heteroatoms. The van der Waals surface area contributed by atoms with Gasteiger partial charge in [0, 0.05) is 0 Å². The summed E-state index contributed by atoms with van der Waals surface area (Å²) in [6, 6.07) is 11.7. The third-order valence-corrected chi connectivity index (χ3v) is 5.94. The van der Waals surface area contributed by atoms with Crippen LogP contribution in [0.3, 0.4) is 0 Å². The highest BCUT2D eigenvalue weighted by molar-refractivity contribution is 7.15. The molecule has 0 N–H and O–H groups in total. The summed E-state index contributed by atoms with van der Waals surface area (Å²) >= 11 is 1.27. The van der Waals surface area contributed by atoms with Gasteiger partial charge in [-0.15, -0.1) is 5.10 Å². The van der Waals surface area contributed by atoms with Gasteiger partial charge in [0.25, 0.3) is 5.56 Å². The number of halogens is 1. The Labute approximate surface area is 194 Å². The van der Waals surface area contributed by atoms with Gasteiger partial charge >= 0.3 is 0 Å². The van der Waals surface area contributed by atoms with E-state index in [1.165, 1.54) is 28.0 Å². The zero-order valence-corrected chi connectivity index (χ0v) is 19.3. The second-order valence-electron chi connectivity index (χ2n) is 7.43. The zero-order chi connectivity index (χ0) is 23.2. The lowest BCUT2D eigenvalue weighted by atomic mass is 10.2. The first-order valence-corrected chi connectivity index (χ1v) is 11.5. The second-order valence-corrected chi connectivity index (χ2v) is 8.44. The Morgan fingerprint density at radius 3 is 2.58 bits per heavy atom. The molecule has 0 fully saturated rings. The quantitative estimate of drug-likeness (QED) is 0.339. The summed E-state index contributed by atoms with van der Waals surface area (Å²) in [5.41, 5.74) is 1.41. The van der Waals surface area contributed by atoms with Gasteiger partial charge in [0.2, 0.25) is 4.96 Å². The van der Waals surface area contributed by atoms with E-state index in [1.807, 2.05) is 18.2 Å². The molecule has 4 aromatic rings. The van der Waals surface area contributed by atoms with Crippen LogP contribution >= 0.6 is 11.3 Å². The molecule has 2 aromatic heterocycles. The SMILES string of the molecule is CCCCCOc1ccc(/C=c2/sc3nc(/C=C/c4ccc(F)cc4)nn3c2=O)cc1OC. The van der Waals surface area contributed by atoms with Crippen molar-refractivity contribution >= 4 is 34.5 Å². The Hall–Kier alpha value is -3.52. The number of ether oxygens (including phenoxy) is 2. The van der Waals surface area contributed by atoms with Crippen LogP contribution in [0.25, 0.3) is 23.2 Å². The number of methoxy groups -OCH3 is 1. The van der Waals surface area contributed by atoms with E-state index in [9.17, 15) is 9.18 Å². The van der Waals surface area contributed by atoms with Crippen LogP contribution in [-0.4, -0.2) is 28.3 Å². The van der Waals surface area contributed by atoms with Gasteiger partial charge in [-0.25, -0.2) is 4.39 Å². The molecule has 0 radical (unpaired) electrons. The third kappa shape index (κ3) is 5.46. The molecule has 0 aliphatic rings. The summed E-state index contributed by atoms with van der Waals surface area (Å²) in [7, 11) is 1.60. The number of nitrogens with zero attached hydrogens (tertiary/aromatic N) is 3. The molecule has 33 heavy (non-hydrogen) atoms. The molecule has 2 aromatic carbocycles. The molecule has 0 aliphatic heterocycles. The number of rotatable bonds is 9. The molecule has 4 rings (SSSR count). The summed E-state index contributed by atoms with van der Waals surface area (Å²) in [5, 5.41) is 4.28. The van der Waals surface area contributed by atoms with Crippen molar-refractivity contribution < 1.29 is 13.9 Å².